The number of thioether (sulfide) groups is 1. The highest BCUT2D eigenvalue weighted by molar-refractivity contribution is 8.00. The van der Waals surface area contributed by atoms with Crippen molar-refractivity contribution in [2.24, 2.45) is 0 Å². The summed E-state index contributed by atoms with van der Waals surface area (Å²) >= 11 is 7.54. The molecule has 4 nitrogen and oxygen atoms in total. The fourth-order valence-corrected chi connectivity index (χ4v) is 4.67. The minimum atomic E-state index is -1.61. The predicted molar refractivity (Wildman–Crippen MR) is 101 cm³/mol. The summed E-state index contributed by atoms with van der Waals surface area (Å²) in [5.41, 5.74) is -0.0296. The number of nitrogens with one attached hydrogen (secondary N) is 1. The molecule has 1 amide bonds. The molecule has 0 radical (unpaired) electrons. The van der Waals surface area contributed by atoms with Gasteiger partial charge in [-0.25, -0.2) is 13.2 Å². The number of halogens is 4. The highest BCUT2D eigenvalue weighted by Gasteiger charge is 2.27. The molecule has 0 spiro atoms. The Morgan fingerprint density at radius 2 is 1.64 bits per heavy atom. The lowest BCUT2D eigenvalue weighted by molar-refractivity contribution is 0.0436. The minimum absolute atomic E-state index is 0.0742. The van der Waals surface area contributed by atoms with Crippen molar-refractivity contribution in [1.82, 2.24) is 0 Å². The SMILES string of the molecule is O=C(Nc1cc(F)c(F)c(F)c1)c1ccc(Cl)c(SC2CC(O)CC(O)C2)c1. The summed E-state index contributed by atoms with van der Waals surface area (Å²) in [6.07, 6.45) is 0.105. The molecule has 0 heterocycles. The first kappa shape index (κ1) is 21.0. The first-order chi connectivity index (χ1) is 13.2. The Balaban J connectivity index is 1.76. The third kappa shape index (κ3) is 5.00. The van der Waals surface area contributed by atoms with Gasteiger partial charge in [0.25, 0.3) is 5.91 Å². The highest BCUT2D eigenvalue weighted by atomic mass is 35.5. The van der Waals surface area contributed by atoms with Crippen molar-refractivity contribution in [2.45, 2.75) is 41.6 Å². The Morgan fingerprint density at radius 1 is 1.04 bits per heavy atom. The molecule has 2 atom stereocenters. The number of carbonyl (C=O) groups excluding carboxylic acids is 1. The van der Waals surface area contributed by atoms with Gasteiger partial charge in [0.05, 0.1) is 17.2 Å². The van der Waals surface area contributed by atoms with E-state index in [1.165, 1.54) is 30.0 Å². The van der Waals surface area contributed by atoms with Crippen LogP contribution < -0.4 is 5.32 Å². The topological polar surface area (TPSA) is 69.6 Å². The molecule has 2 unspecified atom stereocenters. The van der Waals surface area contributed by atoms with Crippen LogP contribution in [-0.2, 0) is 0 Å². The second-order valence-electron chi connectivity index (χ2n) is 6.61. The summed E-state index contributed by atoms with van der Waals surface area (Å²) in [6, 6.07) is 5.86. The summed E-state index contributed by atoms with van der Waals surface area (Å²) in [4.78, 5) is 13.0. The molecule has 2 aromatic rings. The van der Waals surface area contributed by atoms with Crippen LogP contribution in [0.4, 0.5) is 18.9 Å². The fraction of sp³-hybridized carbons (Fsp3) is 0.316. The van der Waals surface area contributed by atoms with Crippen molar-refractivity contribution >= 4 is 35.0 Å². The number of hydrogen-bond donors (Lipinski definition) is 3. The van der Waals surface area contributed by atoms with Gasteiger partial charge in [-0.1, -0.05) is 11.6 Å². The van der Waals surface area contributed by atoms with Gasteiger partial charge in [0.15, 0.2) is 17.5 Å². The zero-order chi connectivity index (χ0) is 20.4. The third-order valence-electron chi connectivity index (χ3n) is 4.34. The van der Waals surface area contributed by atoms with E-state index in [9.17, 15) is 28.2 Å². The molecule has 1 fully saturated rings. The maximum Gasteiger partial charge on any atom is 0.255 e. The van der Waals surface area contributed by atoms with Crippen LogP contribution >= 0.6 is 23.4 Å². The van der Waals surface area contributed by atoms with Crippen molar-refractivity contribution in [3.05, 3.63) is 58.4 Å². The average Bonchev–Trinajstić information content (AvgIpc) is 2.60. The van der Waals surface area contributed by atoms with Gasteiger partial charge in [0.2, 0.25) is 0 Å². The Kier molecular flexibility index (Phi) is 6.54. The van der Waals surface area contributed by atoms with Crippen LogP contribution in [0.5, 0.6) is 0 Å². The number of anilines is 1. The second-order valence-corrected chi connectivity index (χ2v) is 8.36. The van der Waals surface area contributed by atoms with Gasteiger partial charge in [-0.3, -0.25) is 4.79 Å². The monoisotopic (exact) mass is 431 g/mol. The van der Waals surface area contributed by atoms with Crippen molar-refractivity contribution < 1.29 is 28.2 Å². The van der Waals surface area contributed by atoms with Gasteiger partial charge in [0, 0.05) is 33.5 Å². The molecule has 1 aliphatic carbocycles. The molecule has 150 valence electrons. The van der Waals surface area contributed by atoms with Crippen LogP contribution in [0.3, 0.4) is 0 Å². The summed E-state index contributed by atoms with van der Waals surface area (Å²) in [6.45, 7) is 0. The van der Waals surface area contributed by atoms with E-state index in [-0.39, 0.29) is 16.5 Å². The van der Waals surface area contributed by atoms with Crippen molar-refractivity contribution in [2.75, 3.05) is 5.32 Å². The minimum Gasteiger partial charge on any atom is -0.393 e. The van der Waals surface area contributed by atoms with Crippen LogP contribution in [0.2, 0.25) is 5.02 Å². The van der Waals surface area contributed by atoms with Crippen LogP contribution in [0.25, 0.3) is 0 Å². The number of rotatable bonds is 4. The third-order valence-corrected chi connectivity index (χ3v) is 6.09. The Hall–Kier alpha value is -1.74. The van der Waals surface area contributed by atoms with Gasteiger partial charge < -0.3 is 15.5 Å². The van der Waals surface area contributed by atoms with E-state index in [2.05, 4.69) is 5.32 Å². The Morgan fingerprint density at radius 3 is 2.25 bits per heavy atom. The quantitative estimate of drug-likeness (QED) is 0.628. The van der Waals surface area contributed by atoms with Gasteiger partial charge in [-0.05, 0) is 37.5 Å². The molecule has 0 bridgehead atoms. The zero-order valence-electron chi connectivity index (χ0n) is 14.5. The fourth-order valence-electron chi connectivity index (χ4n) is 3.05. The first-order valence-electron chi connectivity index (χ1n) is 8.51. The lowest BCUT2D eigenvalue weighted by Gasteiger charge is -2.29. The summed E-state index contributed by atoms with van der Waals surface area (Å²) < 4.78 is 39.6. The summed E-state index contributed by atoms with van der Waals surface area (Å²) in [5, 5.41) is 22.3. The number of aliphatic hydroxyl groups excluding tert-OH is 2. The largest absolute Gasteiger partial charge is 0.393 e. The van der Waals surface area contributed by atoms with Crippen LogP contribution in [0.1, 0.15) is 29.6 Å². The van der Waals surface area contributed by atoms with Gasteiger partial charge in [-0.15, -0.1) is 11.8 Å². The number of benzene rings is 2. The molecule has 9 heteroatoms. The maximum atomic E-state index is 13.3. The molecule has 28 heavy (non-hydrogen) atoms. The normalized spacial score (nSPS) is 22.1. The van der Waals surface area contributed by atoms with E-state index in [1.807, 2.05) is 0 Å². The van der Waals surface area contributed by atoms with Crippen LogP contribution in [0, 0.1) is 17.5 Å². The van der Waals surface area contributed by atoms with E-state index in [0.29, 0.717) is 41.3 Å². The van der Waals surface area contributed by atoms with E-state index in [4.69, 9.17) is 11.6 Å². The highest BCUT2D eigenvalue weighted by Crippen LogP contribution is 2.38. The van der Waals surface area contributed by atoms with Crippen molar-refractivity contribution in [3.63, 3.8) is 0 Å². The molecule has 0 aromatic heterocycles. The smallest absolute Gasteiger partial charge is 0.255 e. The lowest BCUT2D eigenvalue weighted by Crippen LogP contribution is -2.31. The van der Waals surface area contributed by atoms with Crippen molar-refractivity contribution in [1.29, 1.82) is 0 Å². The van der Waals surface area contributed by atoms with Gasteiger partial charge >= 0.3 is 0 Å². The summed E-state index contributed by atoms with van der Waals surface area (Å²) in [7, 11) is 0. The lowest BCUT2D eigenvalue weighted by atomic mass is 9.95. The number of amides is 1. The molecule has 1 aliphatic rings. The molecule has 3 N–H and O–H groups in total. The number of hydrogen-bond acceptors (Lipinski definition) is 4. The average molecular weight is 432 g/mol. The summed E-state index contributed by atoms with van der Waals surface area (Å²) in [5.74, 6) is -5.07. The Bertz CT molecular complexity index is 866. The predicted octanol–water partition coefficient (Wildman–Crippen LogP) is 4.38. The van der Waals surface area contributed by atoms with Crippen LogP contribution in [0.15, 0.2) is 35.2 Å². The van der Waals surface area contributed by atoms with Gasteiger partial charge in [-0.2, -0.15) is 0 Å². The first-order valence-corrected chi connectivity index (χ1v) is 9.77. The van der Waals surface area contributed by atoms with E-state index >= 15 is 0 Å². The van der Waals surface area contributed by atoms with E-state index in [1.54, 1.807) is 0 Å². The molecular weight excluding hydrogens is 415 g/mol. The molecule has 1 saturated carbocycles. The number of carbonyl (C=O) groups is 1. The van der Waals surface area contributed by atoms with Gasteiger partial charge in [0.1, 0.15) is 0 Å². The standard InChI is InChI=1S/C19H17ClF3NO3S/c20-14-2-1-9(3-17(14)28-13-7-11(25)6-12(26)8-13)19(27)24-10-4-15(21)18(23)16(22)5-10/h1-5,11-13,25-26H,6-8H2,(H,24,27). The maximum absolute atomic E-state index is 13.3. The molecule has 0 aliphatic heterocycles. The van der Waals surface area contributed by atoms with E-state index < -0.39 is 35.6 Å². The van der Waals surface area contributed by atoms with E-state index in [0.717, 1.165) is 0 Å². The van der Waals surface area contributed by atoms with Crippen molar-refractivity contribution in [3.8, 4) is 0 Å². The molecule has 3 rings (SSSR count). The van der Waals surface area contributed by atoms with Crippen LogP contribution in [-0.4, -0.2) is 33.6 Å². The zero-order valence-corrected chi connectivity index (χ0v) is 16.0. The molecule has 2 aromatic carbocycles. The molecular formula is C19H17ClF3NO3S. The molecule has 0 saturated heterocycles. The number of aliphatic hydroxyl groups is 2. The second kappa shape index (κ2) is 8.73. The Labute approximate surface area is 168 Å².